The van der Waals surface area contributed by atoms with Crippen LogP contribution in [0.15, 0.2) is 52.3 Å². The first-order valence-corrected chi connectivity index (χ1v) is 7.15. The van der Waals surface area contributed by atoms with Crippen LogP contribution < -0.4 is 5.73 Å². The molecule has 2 N–H and O–H groups in total. The lowest BCUT2D eigenvalue weighted by molar-refractivity contribution is 0.597. The molecule has 2 rings (SSSR count). The molecule has 0 aliphatic carbocycles. The zero-order valence-electron chi connectivity index (χ0n) is 11.2. The maximum atomic E-state index is 14.1. The van der Waals surface area contributed by atoms with Crippen LogP contribution >= 0.6 is 11.8 Å². The van der Waals surface area contributed by atoms with Gasteiger partial charge < -0.3 is 5.73 Å². The molecule has 19 heavy (non-hydrogen) atoms. The lowest BCUT2D eigenvalue weighted by Crippen LogP contribution is -2.17. The third kappa shape index (κ3) is 3.82. The van der Waals surface area contributed by atoms with Gasteiger partial charge in [0.15, 0.2) is 0 Å². The Hall–Kier alpha value is -1.32. The Bertz CT molecular complexity index is 566. The minimum Gasteiger partial charge on any atom is -0.328 e. The fraction of sp³-hybridized carbons (Fsp3) is 0.250. The van der Waals surface area contributed by atoms with E-state index in [1.165, 1.54) is 11.8 Å². The number of hydrogen-bond acceptors (Lipinski definition) is 2. The van der Waals surface area contributed by atoms with Crippen LogP contribution in [-0.2, 0) is 6.42 Å². The van der Waals surface area contributed by atoms with E-state index in [2.05, 4.69) is 0 Å². The van der Waals surface area contributed by atoms with Crippen molar-refractivity contribution in [2.45, 2.75) is 36.1 Å². The predicted molar refractivity (Wildman–Crippen MR) is 79.1 cm³/mol. The van der Waals surface area contributed by atoms with E-state index in [-0.39, 0.29) is 11.9 Å². The number of hydrogen-bond donors (Lipinski definition) is 1. The van der Waals surface area contributed by atoms with Crippen molar-refractivity contribution in [3.63, 3.8) is 0 Å². The lowest BCUT2D eigenvalue weighted by atomic mass is 10.1. The highest BCUT2D eigenvalue weighted by Gasteiger charge is 2.08. The molecular formula is C16H18FNS. The van der Waals surface area contributed by atoms with Gasteiger partial charge in [-0.1, -0.05) is 36.0 Å². The van der Waals surface area contributed by atoms with Crippen molar-refractivity contribution in [2.75, 3.05) is 0 Å². The molecule has 0 bridgehead atoms. The van der Waals surface area contributed by atoms with E-state index in [1.807, 2.05) is 50.2 Å². The van der Waals surface area contributed by atoms with E-state index in [4.69, 9.17) is 5.73 Å². The molecule has 100 valence electrons. The molecule has 0 saturated heterocycles. The third-order valence-electron chi connectivity index (χ3n) is 2.87. The Kier molecular flexibility index (Phi) is 4.61. The first kappa shape index (κ1) is 14.1. The number of rotatable bonds is 4. The molecule has 1 nitrogen and oxygen atoms in total. The molecule has 0 aliphatic rings. The van der Waals surface area contributed by atoms with Gasteiger partial charge in [0.2, 0.25) is 0 Å². The average molecular weight is 275 g/mol. The normalized spacial score (nSPS) is 12.4. The largest absolute Gasteiger partial charge is 0.328 e. The summed E-state index contributed by atoms with van der Waals surface area (Å²) in [6.07, 6.45) is 0.701. The summed E-state index contributed by atoms with van der Waals surface area (Å²) in [7, 11) is 0. The molecule has 0 saturated carbocycles. The maximum absolute atomic E-state index is 14.1. The topological polar surface area (TPSA) is 26.0 Å². The maximum Gasteiger partial charge on any atom is 0.137 e. The molecule has 2 aromatic carbocycles. The van der Waals surface area contributed by atoms with Crippen molar-refractivity contribution in [3.05, 3.63) is 59.4 Å². The van der Waals surface area contributed by atoms with Crippen molar-refractivity contribution in [1.82, 2.24) is 0 Å². The van der Waals surface area contributed by atoms with Crippen molar-refractivity contribution in [3.8, 4) is 0 Å². The van der Waals surface area contributed by atoms with Crippen molar-refractivity contribution in [1.29, 1.82) is 0 Å². The van der Waals surface area contributed by atoms with Gasteiger partial charge in [-0.3, -0.25) is 0 Å². The van der Waals surface area contributed by atoms with Gasteiger partial charge in [0.05, 0.1) is 0 Å². The highest BCUT2D eigenvalue weighted by atomic mass is 32.2. The molecule has 3 heteroatoms. The number of aryl methyl sites for hydroxylation is 1. The van der Waals surface area contributed by atoms with Crippen LogP contribution in [0.3, 0.4) is 0 Å². The quantitative estimate of drug-likeness (QED) is 0.906. The molecule has 0 fully saturated rings. The molecule has 0 radical (unpaired) electrons. The van der Waals surface area contributed by atoms with E-state index < -0.39 is 0 Å². The third-order valence-corrected chi connectivity index (χ3v) is 4.10. The Morgan fingerprint density at radius 1 is 1.16 bits per heavy atom. The standard InChI is InChI=1S/C16H18FNS/c1-11-5-3-4-6-15(11)19-16-8-7-13(9-12(2)18)10-14(16)17/h3-8,10,12H,9,18H2,1-2H3. The van der Waals surface area contributed by atoms with E-state index in [1.54, 1.807) is 6.07 Å². The summed E-state index contributed by atoms with van der Waals surface area (Å²) in [5, 5.41) is 0. The molecule has 0 heterocycles. The van der Waals surface area contributed by atoms with E-state index >= 15 is 0 Å². The Morgan fingerprint density at radius 2 is 1.89 bits per heavy atom. The SMILES string of the molecule is Cc1ccccc1Sc1ccc(CC(C)N)cc1F. The Morgan fingerprint density at radius 3 is 2.53 bits per heavy atom. The number of nitrogens with two attached hydrogens (primary N) is 1. The zero-order chi connectivity index (χ0) is 13.8. The summed E-state index contributed by atoms with van der Waals surface area (Å²) in [6.45, 7) is 3.96. The van der Waals surface area contributed by atoms with Crippen molar-refractivity contribution < 1.29 is 4.39 Å². The highest BCUT2D eigenvalue weighted by Crippen LogP contribution is 2.32. The molecular weight excluding hydrogens is 257 g/mol. The minimum atomic E-state index is -0.175. The number of benzene rings is 2. The molecule has 0 aromatic heterocycles. The summed E-state index contributed by atoms with van der Waals surface area (Å²) in [6, 6.07) is 13.4. The smallest absolute Gasteiger partial charge is 0.137 e. The van der Waals surface area contributed by atoms with Crippen LogP contribution in [0, 0.1) is 12.7 Å². The molecule has 1 unspecified atom stereocenters. The van der Waals surface area contributed by atoms with Gasteiger partial charge in [-0.2, -0.15) is 0 Å². The fourth-order valence-electron chi connectivity index (χ4n) is 1.92. The minimum absolute atomic E-state index is 0.0503. The van der Waals surface area contributed by atoms with Crippen molar-refractivity contribution >= 4 is 11.8 Å². The van der Waals surface area contributed by atoms with Gasteiger partial charge >= 0.3 is 0 Å². The Balaban J connectivity index is 2.20. The van der Waals surface area contributed by atoms with Crippen LogP contribution in [-0.4, -0.2) is 6.04 Å². The summed E-state index contributed by atoms with van der Waals surface area (Å²) >= 11 is 1.46. The van der Waals surface area contributed by atoms with Crippen LogP contribution in [0.5, 0.6) is 0 Å². The molecule has 1 atom stereocenters. The van der Waals surface area contributed by atoms with Gasteiger partial charge in [0.25, 0.3) is 0 Å². The van der Waals surface area contributed by atoms with E-state index in [0.29, 0.717) is 11.3 Å². The monoisotopic (exact) mass is 275 g/mol. The zero-order valence-corrected chi connectivity index (χ0v) is 12.0. The van der Waals surface area contributed by atoms with Gasteiger partial charge in [0.1, 0.15) is 5.82 Å². The molecule has 0 spiro atoms. The number of halogens is 1. The van der Waals surface area contributed by atoms with Crippen LogP contribution in [0.2, 0.25) is 0 Å². The summed E-state index contributed by atoms with van der Waals surface area (Å²) in [5.41, 5.74) is 7.83. The van der Waals surface area contributed by atoms with Crippen LogP contribution in [0.25, 0.3) is 0 Å². The second-order valence-electron chi connectivity index (χ2n) is 4.81. The highest BCUT2D eigenvalue weighted by molar-refractivity contribution is 7.99. The van der Waals surface area contributed by atoms with Gasteiger partial charge in [-0.15, -0.1) is 0 Å². The van der Waals surface area contributed by atoms with Crippen LogP contribution in [0.4, 0.5) is 4.39 Å². The Labute approximate surface area is 118 Å². The molecule has 0 amide bonds. The first-order valence-electron chi connectivity index (χ1n) is 6.34. The van der Waals surface area contributed by atoms with E-state index in [0.717, 1.165) is 16.0 Å². The van der Waals surface area contributed by atoms with Crippen LogP contribution in [0.1, 0.15) is 18.1 Å². The molecule has 2 aromatic rings. The predicted octanol–water partition coefficient (Wildman–Crippen LogP) is 4.18. The fourth-order valence-corrected chi connectivity index (χ4v) is 2.82. The average Bonchev–Trinajstić information content (AvgIpc) is 2.34. The first-order chi connectivity index (χ1) is 9.06. The van der Waals surface area contributed by atoms with Gasteiger partial charge in [-0.05, 0) is 49.6 Å². The summed E-state index contributed by atoms with van der Waals surface area (Å²) in [5.74, 6) is -0.175. The van der Waals surface area contributed by atoms with E-state index in [9.17, 15) is 4.39 Å². The summed E-state index contributed by atoms with van der Waals surface area (Å²) in [4.78, 5) is 1.74. The van der Waals surface area contributed by atoms with Crippen molar-refractivity contribution in [2.24, 2.45) is 5.73 Å². The second kappa shape index (κ2) is 6.22. The second-order valence-corrected chi connectivity index (χ2v) is 5.90. The summed E-state index contributed by atoms with van der Waals surface area (Å²) < 4.78 is 14.1. The lowest BCUT2D eigenvalue weighted by Gasteiger charge is -2.09. The van der Waals surface area contributed by atoms with Gasteiger partial charge in [0, 0.05) is 15.8 Å². The molecule has 0 aliphatic heterocycles. The van der Waals surface area contributed by atoms with Gasteiger partial charge in [-0.25, -0.2) is 4.39 Å².